The summed E-state index contributed by atoms with van der Waals surface area (Å²) >= 11 is 0. The third kappa shape index (κ3) is 484. The summed E-state index contributed by atoms with van der Waals surface area (Å²) in [6.45, 7) is 0. The Labute approximate surface area is 127 Å². The van der Waals surface area contributed by atoms with Crippen molar-refractivity contribution in [3.8, 4) is 0 Å². The molecule has 0 spiro atoms. The van der Waals surface area contributed by atoms with Crippen LogP contribution in [0.3, 0.4) is 0 Å². The molecule has 0 aromatic heterocycles. The topological polar surface area (TPSA) is 292 Å². The van der Waals surface area contributed by atoms with Crippen LogP contribution in [0.25, 0.3) is 0 Å². The molecular formula is H5O10Sb3. The Morgan fingerprint density at radius 1 is 0.231 bits per heavy atom. The first-order valence-corrected chi connectivity index (χ1v) is 0. The van der Waals surface area contributed by atoms with E-state index in [1.165, 1.54) is 0 Å². The molecule has 0 radical (unpaired) electrons. The van der Waals surface area contributed by atoms with Crippen LogP contribution in [0.5, 0.6) is 0 Å². The van der Waals surface area contributed by atoms with Crippen molar-refractivity contribution in [1.82, 2.24) is 0 Å². The first-order valence-electron chi connectivity index (χ1n) is 0. The van der Waals surface area contributed by atoms with Crippen molar-refractivity contribution in [2.75, 3.05) is 0 Å². The molecular weight excluding hydrogens is 525 g/mol. The van der Waals surface area contributed by atoms with Crippen molar-refractivity contribution in [1.29, 1.82) is 0 Å². The summed E-state index contributed by atoms with van der Waals surface area (Å²) in [4.78, 5) is 0. The monoisotopic (exact) mass is 528 g/mol. The van der Waals surface area contributed by atoms with E-state index in [0.29, 0.717) is 0 Å². The zero-order valence-corrected chi connectivity index (χ0v) is 13.3. The Morgan fingerprint density at radius 3 is 0.231 bits per heavy atom. The molecule has 0 aliphatic rings. The van der Waals surface area contributed by atoms with Crippen molar-refractivity contribution < 1.29 is 54.8 Å². The third-order valence-corrected chi connectivity index (χ3v) is 0. The van der Waals surface area contributed by atoms with Crippen molar-refractivity contribution >= 4 is 73.3 Å². The summed E-state index contributed by atoms with van der Waals surface area (Å²) < 4.78 is 0. The fourth-order valence-corrected chi connectivity index (χ4v) is 0. The maximum absolute atomic E-state index is 0. The second-order valence-electron chi connectivity index (χ2n) is 0. The molecule has 0 aromatic carbocycles. The average molecular weight is 530 g/mol. The predicted molar refractivity (Wildman–Crippen MR) is 30.4 cm³/mol. The fraction of sp³-hybridized carbons (Fsp3) is 0. The molecule has 0 heterocycles. The van der Waals surface area contributed by atoms with Crippen LogP contribution in [0.2, 0.25) is 0 Å². The van der Waals surface area contributed by atoms with Crippen LogP contribution >= 0.6 is 0 Å². The van der Waals surface area contributed by atoms with Gasteiger partial charge in [0.1, 0.15) is 0 Å². The van der Waals surface area contributed by atoms with Gasteiger partial charge in [0.25, 0.3) is 0 Å². The van der Waals surface area contributed by atoms with Gasteiger partial charge in [-0.15, -0.1) is 0 Å². The van der Waals surface area contributed by atoms with E-state index in [4.69, 9.17) is 0 Å². The number of hydrogen-bond acceptors (Lipinski definition) is 5. The zero-order chi connectivity index (χ0) is 0. The van der Waals surface area contributed by atoms with Crippen LogP contribution in [0.15, 0.2) is 0 Å². The molecule has 0 aliphatic carbocycles. The van der Waals surface area contributed by atoms with Gasteiger partial charge in [0.2, 0.25) is 0 Å². The SMILES string of the molecule is [O-2].[O-2].[O-2].[O-2].[O-2].[OH-].[OH-].[OH-].[OH-].[OH-].[Sb+5].[Sb+5].[Sb+5]. The molecule has 0 fully saturated rings. The van der Waals surface area contributed by atoms with Crippen LogP contribution < -0.4 is 0 Å². The molecule has 0 bridgehead atoms. The Balaban J connectivity index is 0. The molecule has 0 amide bonds. The van der Waals surface area contributed by atoms with Gasteiger partial charge in [0, 0.05) is 0 Å². The van der Waals surface area contributed by atoms with Gasteiger partial charge in [-0.3, -0.25) is 0 Å². The van der Waals surface area contributed by atoms with Gasteiger partial charge in [-0.05, 0) is 0 Å². The Bertz CT molecular complexity index is 10.1. The second-order valence-corrected chi connectivity index (χ2v) is 0. The van der Waals surface area contributed by atoms with E-state index >= 15 is 0 Å². The van der Waals surface area contributed by atoms with Gasteiger partial charge in [-0.25, -0.2) is 0 Å². The molecule has 0 aromatic rings. The first-order chi connectivity index (χ1) is 0. The van der Waals surface area contributed by atoms with Crippen LogP contribution in [0, 0.1) is 0 Å². The van der Waals surface area contributed by atoms with Crippen LogP contribution in [0.1, 0.15) is 0 Å². The summed E-state index contributed by atoms with van der Waals surface area (Å²) in [5.74, 6) is 0. The molecule has 13 heteroatoms. The Kier molecular flexibility index (Phi) is 30700. The van der Waals surface area contributed by atoms with E-state index in [9.17, 15) is 0 Å². The summed E-state index contributed by atoms with van der Waals surface area (Å²) in [5.41, 5.74) is 0. The van der Waals surface area contributed by atoms with E-state index in [0.717, 1.165) is 0 Å². The molecule has 0 saturated carbocycles. The third-order valence-electron chi connectivity index (χ3n) is 0. The van der Waals surface area contributed by atoms with Crippen LogP contribution in [-0.2, 0) is 27.4 Å². The van der Waals surface area contributed by atoms with Crippen LogP contribution in [-0.4, -0.2) is 101 Å². The zero-order valence-electron chi connectivity index (χ0n) is 5.62. The minimum Gasteiger partial charge on any atom is -2.00 e. The average Bonchev–Trinajstić information content (AvgIpc) is 0. The largest absolute Gasteiger partial charge is 5.00 e. The van der Waals surface area contributed by atoms with Gasteiger partial charge in [0.15, 0.2) is 0 Å². The summed E-state index contributed by atoms with van der Waals surface area (Å²) in [7, 11) is 0. The minimum atomic E-state index is 0. The van der Waals surface area contributed by atoms with E-state index in [-0.39, 0.29) is 128 Å². The normalized spacial score (nSPS) is 0. The number of hydrogen-bond donors (Lipinski definition) is 0. The molecule has 10 nitrogen and oxygen atoms in total. The predicted octanol–water partition coefficient (Wildman–Crippen LogP) is -2.62. The van der Waals surface area contributed by atoms with E-state index in [1.54, 1.807) is 0 Å². The Hall–Kier alpha value is 2.05. The molecule has 0 rings (SSSR count). The molecule has 80 valence electrons. The van der Waals surface area contributed by atoms with Gasteiger partial charge < -0.3 is 54.8 Å². The molecule has 0 atom stereocenters. The van der Waals surface area contributed by atoms with Gasteiger partial charge in [0.05, 0.1) is 0 Å². The maximum atomic E-state index is 0. The van der Waals surface area contributed by atoms with E-state index in [1.807, 2.05) is 0 Å². The summed E-state index contributed by atoms with van der Waals surface area (Å²) in [5, 5.41) is 0. The number of rotatable bonds is 0. The van der Waals surface area contributed by atoms with Gasteiger partial charge >= 0.3 is 73.3 Å². The Morgan fingerprint density at radius 2 is 0.231 bits per heavy atom. The minimum absolute atomic E-state index is 0. The molecule has 13 heavy (non-hydrogen) atoms. The van der Waals surface area contributed by atoms with Crippen molar-refractivity contribution in [3.63, 3.8) is 0 Å². The first kappa shape index (κ1) is 704. The van der Waals surface area contributed by atoms with Crippen molar-refractivity contribution in [2.45, 2.75) is 0 Å². The van der Waals surface area contributed by atoms with E-state index in [2.05, 4.69) is 0 Å². The molecule has 0 unspecified atom stereocenters. The molecule has 5 N–H and O–H groups in total. The fourth-order valence-electron chi connectivity index (χ4n) is 0. The van der Waals surface area contributed by atoms with Crippen LogP contribution in [0.4, 0.5) is 0 Å². The summed E-state index contributed by atoms with van der Waals surface area (Å²) in [6, 6.07) is 0. The van der Waals surface area contributed by atoms with E-state index < -0.39 is 0 Å². The summed E-state index contributed by atoms with van der Waals surface area (Å²) in [6.07, 6.45) is 0. The molecule has 0 saturated heterocycles. The smallest absolute Gasteiger partial charge is 2.00 e. The quantitative estimate of drug-likeness (QED) is 0.303. The maximum Gasteiger partial charge on any atom is 5.00 e. The van der Waals surface area contributed by atoms with Crippen molar-refractivity contribution in [2.24, 2.45) is 0 Å². The molecule has 0 aliphatic heterocycles. The standard InChI is InChI=1S/5H2O.5O.3Sb/h5*1H2;;;;;;;;/q;;;;;5*-2;3*+5/p-5. The van der Waals surface area contributed by atoms with Gasteiger partial charge in [-0.2, -0.15) is 0 Å². The van der Waals surface area contributed by atoms with Gasteiger partial charge in [-0.1, -0.05) is 0 Å². The second kappa shape index (κ2) is 567. The van der Waals surface area contributed by atoms with Crippen molar-refractivity contribution in [3.05, 3.63) is 0 Å².